The van der Waals surface area contributed by atoms with Gasteiger partial charge >= 0.3 is 0 Å². The molecule has 0 aliphatic carbocycles. The van der Waals surface area contributed by atoms with Gasteiger partial charge in [0.15, 0.2) is 0 Å². The highest BCUT2D eigenvalue weighted by atomic mass is 16.5. The van der Waals surface area contributed by atoms with E-state index in [0.717, 1.165) is 0 Å². The minimum Gasteiger partial charge on any atom is -0.497 e. The average molecular weight is 244 g/mol. The molecule has 0 aliphatic heterocycles. The van der Waals surface area contributed by atoms with Gasteiger partial charge in [-0.25, -0.2) is 4.98 Å². The van der Waals surface area contributed by atoms with E-state index in [1.54, 1.807) is 49.9 Å². The first-order chi connectivity index (χ1) is 8.78. The lowest BCUT2D eigenvalue weighted by Gasteiger charge is -2.03. The summed E-state index contributed by atoms with van der Waals surface area (Å²) in [5.74, 6) is 1.40. The molecule has 2 rings (SSSR count). The maximum absolute atomic E-state index is 11.6. The molecule has 92 valence electrons. The van der Waals surface area contributed by atoms with E-state index < -0.39 is 0 Å². The first-order valence-electron chi connectivity index (χ1n) is 5.30. The standard InChI is InChI=1S/C13H12N2O3/c1-17-11-6-7-14-12(9-11)15-13(16)5-4-10-3-2-8-18-10/h2-9H,1H3,(H,14,15,16)/b5-4+. The fourth-order valence-corrected chi connectivity index (χ4v) is 1.32. The Morgan fingerprint density at radius 3 is 3.11 bits per heavy atom. The second-order valence-corrected chi connectivity index (χ2v) is 3.42. The van der Waals surface area contributed by atoms with Crippen LogP contribution < -0.4 is 10.1 Å². The van der Waals surface area contributed by atoms with Gasteiger partial charge in [0.1, 0.15) is 17.3 Å². The van der Waals surface area contributed by atoms with Crippen molar-refractivity contribution in [1.29, 1.82) is 0 Å². The van der Waals surface area contributed by atoms with Crippen LogP contribution in [0.4, 0.5) is 5.82 Å². The molecule has 5 nitrogen and oxygen atoms in total. The molecule has 1 N–H and O–H groups in total. The summed E-state index contributed by atoms with van der Waals surface area (Å²) in [7, 11) is 1.55. The summed E-state index contributed by atoms with van der Waals surface area (Å²) in [5, 5.41) is 2.62. The zero-order valence-corrected chi connectivity index (χ0v) is 9.79. The van der Waals surface area contributed by atoms with Crippen molar-refractivity contribution in [2.24, 2.45) is 0 Å². The summed E-state index contributed by atoms with van der Waals surface area (Å²) >= 11 is 0. The number of furan rings is 1. The van der Waals surface area contributed by atoms with Gasteiger partial charge in [-0.3, -0.25) is 4.79 Å². The Bertz CT molecular complexity index is 547. The number of amides is 1. The Labute approximate surface area is 104 Å². The maximum atomic E-state index is 11.6. The van der Waals surface area contributed by atoms with Crippen molar-refractivity contribution in [1.82, 2.24) is 4.98 Å². The van der Waals surface area contributed by atoms with Crippen molar-refractivity contribution >= 4 is 17.8 Å². The van der Waals surface area contributed by atoms with Gasteiger partial charge in [-0.15, -0.1) is 0 Å². The summed E-state index contributed by atoms with van der Waals surface area (Å²) in [4.78, 5) is 15.6. The van der Waals surface area contributed by atoms with E-state index in [4.69, 9.17) is 9.15 Å². The molecule has 0 spiro atoms. The third-order valence-corrected chi connectivity index (χ3v) is 2.16. The van der Waals surface area contributed by atoms with Crippen LogP contribution in [-0.2, 0) is 4.79 Å². The van der Waals surface area contributed by atoms with Gasteiger partial charge in [-0.1, -0.05) is 0 Å². The lowest BCUT2D eigenvalue weighted by molar-refractivity contribution is -0.111. The van der Waals surface area contributed by atoms with Crippen molar-refractivity contribution < 1.29 is 13.9 Å². The highest BCUT2D eigenvalue weighted by molar-refractivity contribution is 6.01. The number of rotatable bonds is 4. The third kappa shape index (κ3) is 3.21. The minimum absolute atomic E-state index is 0.285. The number of hydrogen-bond donors (Lipinski definition) is 1. The Morgan fingerprint density at radius 1 is 1.50 bits per heavy atom. The Morgan fingerprint density at radius 2 is 2.39 bits per heavy atom. The number of carbonyl (C=O) groups is 1. The van der Waals surface area contributed by atoms with E-state index in [-0.39, 0.29) is 5.91 Å². The lowest BCUT2D eigenvalue weighted by atomic mass is 10.3. The molecular formula is C13H12N2O3. The van der Waals surface area contributed by atoms with Crippen LogP contribution in [0.1, 0.15) is 5.76 Å². The number of ether oxygens (including phenoxy) is 1. The van der Waals surface area contributed by atoms with Gasteiger partial charge in [0.2, 0.25) is 5.91 Å². The van der Waals surface area contributed by atoms with Gasteiger partial charge < -0.3 is 14.5 Å². The molecule has 0 aliphatic rings. The van der Waals surface area contributed by atoms with E-state index >= 15 is 0 Å². The number of pyridine rings is 1. The number of carbonyl (C=O) groups excluding carboxylic acids is 1. The molecule has 0 saturated heterocycles. The normalized spacial score (nSPS) is 10.5. The Kier molecular flexibility index (Phi) is 3.76. The van der Waals surface area contributed by atoms with Gasteiger partial charge in [0.05, 0.1) is 13.4 Å². The third-order valence-electron chi connectivity index (χ3n) is 2.16. The largest absolute Gasteiger partial charge is 0.497 e. The van der Waals surface area contributed by atoms with Crippen molar-refractivity contribution in [2.75, 3.05) is 12.4 Å². The van der Waals surface area contributed by atoms with E-state index in [0.29, 0.717) is 17.3 Å². The molecule has 2 aromatic rings. The molecule has 0 unspecified atom stereocenters. The molecule has 0 bridgehead atoms. The predicted octanol–water partition coefficient (Wildman–Crippen LogP) is 2.34. The van der Waals surface area contributed by atoms with Crippen molar-refractivity contribution in [3.05, 3.63) is 48.6 Å². The number of nitrogens with one attached hydrogen (secondary N) is 1. The van der Waals surface area contributed by atoms with Crippen molar-refractivity contribution in [2.45, 2.75) is 0 Å². The van der Waals surface area contributed by atoms with Gasteiger partial charge in [-0.05, 0) is 24.3 Å². The molecule has 2 heterocycles. The van der Waals surface area contributed by atoms with Crippen LogP contribution >= 0.6 is 0 Å². The quantitative estimate of drug-likeness (QED) is 0.838. The highest BCUT2D eigenvalue weighted by Gasteiger charge is 2.01. The molecule has 5 heteroatoms. The van der Waals surface area contributed by atoms with E-state index in [1.165, 1.54) is 6.08 Å². The summed E-state index contributed by atoms with van der Waals surface area (Å²) < 4.78 is 10.1. The van der Waals surface area contributed by atoms with E-state index in [9.17, 15) is 4.79 Å². The average Bonchev–Trinajstić information content (AvgIpc) is 2.90. The monoisotopic (exact) mass is 244 g/mol. The molecule has 0 fully saturated rings. The maximum Gasteiger partial charge on any atom is 0.249 e. The molecule has 0 atom stereocenters. The van der Waals surface area contributed by atoms with Gasteiger partial charge in [0.25, 0.3) is 0 Å². The predicted molar refractivity (Wildman–Crippen MR) is 67.2 cm³/mol. The Balaban J connectivity index is 1.98. The fourth-order valence-electron chi connectivity index (χ4n) is 1.32. The molecule has 0 radical (unpaired) electrons. The van der Waals surface area contributed by atoms with E-state index in [1.807, 2.05) is 0 Å². The minimum atomic E-state index is -0.285. The van der Waals surface area contributed by atoms with Crippen LogP contribution in [0.25, 0.3) is 6.08 Å². The number of hydrogen-bond acceptors (Lipinski definition) is 4. The summed E-state index contributed by atoms with van der Waals surface area (Å²) in [6.07, 6.45) is 6.06. The van der Waals surface area contributed by atoms with Crippen molar-refractivity contribution in [3.8, 4) is 5.75 Å². The van der Waals surface area contributed by atoms with Crippen LogP contribution in [0.2, 0.25) is 0 Å². The topological polar surface area (TPSA) is 64.4 Å². The van der Waals surface area contributed by atoms with E-state index in [2.05, 4.69) is 10.3 Å². The second-order valence-electron chi connectivity index (χ2n) is 3.42. The zero-order chi connectivity index (χ0) is 12.8. The first kappa shape index (κ1) is 11.9. The smallest absolute Gasteiger partial charge is 0.249 e. The molecule has 0 saturated carbocycles. The second kappa shape index (κ2) is 5.67. The summed E-state index contributed by atoms with van der Waals surface area (Å²) in [6, 6.07) is 6.85. The highest BCUT2D eigenvalue weighted by Crippen LogP contribution is 2.13. The molecule has 1 amide bonds. The van der Waals surface area contributed by atoms with Crippen LogP contribution in [0, 0.1) is 0 Å². The van der Waals surface area contributed by atoms with Gasteiger partial charge in [-0.2, -0.15) is 0 Å². The number of methoxy groups -OCH3 is 1. The van der Waals surface area contributed by atoms with Crippen LogP contribution in [-0.4, -0.2) is 18.0 Å². The fraction of sp³-hybridized carbons (Fsp3) is 0.0769. The summed E-state index contributed by atoms with van der Waals surface area (Å²) in [5.41, 5.74) is 0. The lowest BCUT2D eigenvalue weighted by Crippen LogP contribution is -2.09. The first-order valence-corrected chi connectivity index (χ1v) is 5.30. The molecular weight excluding hydrogens is 232 g/mol. The van der Waals surface area contributed by atoms with Crippen LogP contribution in [0.15, 0.2) is 47.2 Å². The number of aromatic nitrogens is 1. The molecule has 0 aromatic carbocycles. The molecule has 18 heavy (non-hydrogen) atoms. The zero-order valence-electron chi connectivity index (χ0n) is 9.79. The molecule has 2 aromatic heterocycles. The summed E-state index contributed by atoms with van der Waals surface area (Å²) in [6.45, 7) is 0. The SMILES string of the molecule is COc1ccnc(NC(=O)/C=C/c2ccco2)c1. The van der Waals surface area contributed by atoms with Gasteiger partial charge in [0, 0.05) is 18.3 Å². The number of anilines is 1. The van der Waals surface area contributed by atoms with Crippen LogP contribution in [0.5, 0.6) is 5.75 Å². The number of nitrogens with zero attached hydrogens (tertiary/aromatic N) is 1. The Hall–Kier alpha value is -2.56. The van der Waals surface area contributed by atoms with Crippen LogP contribution in [0.3, 0.4) is 0 Å². The van der Waals surface area contributed by atoms with Crippen molar-refractivity contribution in [3.63, 3.8) is 0 Å².